The fraction of sp³-hybridized carbons (Fsp3) is 1.00. The Bertz CT molecular complexity index is 23.6. The van der Waals surface area contributed by atoms with Gasteiger partial charge >= 0.3 is 29.6 Å². The Morgan fingerprint density at radius 1 is 1.80 bits per heavy atom. The summed E-state index contributed by atoms with van der Waals surface area (Å²) in [4.78, 5) is 0. The molecule has 0 heterocycles. The Kier molecular flexibility index (Phi) is 16.9. The van der Waals surface area contributed by atoms with Crippen LogP contribution in [0, 0.1) is 0 Å². The third-order valence-electron chi connectivity index (χ3n) is 0.118. The van der Waals surface area contributed by atoms with E-state index in [0.717, 1.165) is 0 Å². The molecule has 1 nitrogen and oxygen atoms in total. The second-order valence-corrected chi connectivity index (χ2v) is 1.22. The van der Waals surface area contributed by atoms with E-state index in [-0.39, 0.29) is 29.6 Å². The summed E-state index contributed by atoms with van der Waals surface area (Å²) < 4.78 is 9.22. The quantitative estimate of drug-likeness (QED) is 0.262. The molecule has 0 aromatic rings. The van der Waals surface area contributed by atoms with Gasteiger partial charge in [-0.25, -0.2) is 0 Å². The van der Waals surface area contributed by atoms with Gasteiger partial charge in [-0.2, -0.15) is 0 Å². The third-order valence-corrected chi connectivity index (χ3v) is 0.354. The summed E-state index contributed by atoms with van der Waals surface area (Å²) in [7, 11) is 0. The Hall–Kier alpha value is 1.15. The van der Waals surface area contributed by atoms with Crippen molar-refractivity contribution in [2.45, 2.75) is 6.92 Å². The van der Waals surface area contributed by atoms with Gasteiger partial charge in [0.25, 0.3) is 0 Å². The zero-order valence-corrected chi connectivity index (χ0v) is 6.34. The zero-order chi connectivity index (χ0) is 3.41. The van der Waals surface area contributed by atoms with Crippen LogP contribution < -0.4 is 29.6 Å². The van der Waals surface area contributed by atoms with E-state index in [1.54, 1.807) is 0 Å². The second kappa shape index (κ2) is 8.94. The van der Waals surface area contributed by atoms with Crippen molar-refractivity contribution in [3.05, 3.63) is 0 Å². The predicted octanol–water partition coefficient (Wildman–Crippen LogP) is -2.56. The van der Waals surface area contributed by atoms with Crippen molar-refractivity contribution in [1.29, 1.82) is 0 Å². The monoisotopic (exact) mass is 100.0 g/mol. The van der Waals surface area contributed by atoms with Crippen molar-refractivity contribution in [3.8, 4) is 0 Å². The van der Waals surface area contributed by atoms with E-state index in [9.17, 15) is 4.21 Å². The molecule has 0 atom stereocenters. The Morgan fingerprint density at radius 2 is 2.00 bits per heavy atom. The van der Waals surface area contributed by atoms with Crippen LogP contribution in [0.1, 0.15) is 6.92 Å². The average Bonchev–Trinajstić information content (AvgIpc) is 1.37. The molecule has 0 aromatic carbocycles. The van der Waals surface area contributed by atoms with Gasteiger partial charge in [0.2, 0.25) is 0 Å². The Labute approximate surface area is 57.9 Å². The number of hydrogen-bond donors (Lipinski definition) is 0. The molecule has 5 heavy (non-hydrogen) atoms. The molecule has 0 aliphatic carbocycles. The molecular weight excluding hydrogens is 95.1 g/mol. The van der Waals surface area contributed by atoms with Crippen LogP contribution in [-0.2, 0) is 15.9 Å². The molecule has 0 fully saturated rings. The average molecular weight is 100 g/mol. The van der Waals surface area contributed by atoms with Gasteiger partial charge in [0.05, 0.1) is 0 Å². The standard InChI is InChI=1S/C2H5OS.Na/c1-2-4-3;/h2H2,1H3;/q-1;+1. The zero-order valence-electron chi connectivity index (χ0n) is 3.52. The first kappa shape index (κ1) is 9.47. The summed E-state index contributed by atoms with van der Waals surface area (Å²) in [6.45, 7) is 1.83. The van der Waals surface area contributed by atoms with E-state index < -0.39 is 0 Å². The predicted molar refractivity (Wildman–Crippen MR) is 18.6 cm³/mol. The van der Waals surface area contributed by atoms with Crippen LogP contribution in [-0.4, -0.2) is 5.75 Å². The largest absolute Gasteiger partial charge is 1.00 e. The van der Waals surface area contributed by atoms with Crippen LogP contribution in [0.25, 0.3) is 0 Å². The molecule has 0 N–H and O–H groups in total. The smallest absolute Gasteiger partial charge is 0.485 e. The SMILES string of the molecule is CC[S-]=O.[Na+]. The van der Waals surface area contributed by atoms with Crippen molar-refractivity contribution in [3.63, 3.8) is 0 Å². The Balaban J connectivity index is 0. The molecule has 0 saturated heterocycles. The molecule has 0 amide bonds. The molecule has 0 spiro atoms. The number of rotatable bonds is 1. The topological polar surface area (TPSA) is 17.1 Å². The Morgan fingerprint density at radius 3 is 2.00 bits per heavy atom. The van der Waals surface area contributed by atoms with Crippen LogP contribution in [0.15, 0.2) is 0 Å². The summed E-state index contributed by atoms with van der Waals surface area (Å²) in [5, 5.41) is 0. The van der Waals surface area contributed by atoms with Gasteiger partial charge in [0.15, 0.2) is 0 Å². The minimum atomic E-state index is 0. The van der Waals surface area contributed by atoms with Crippen LogP contribution in [0.4, 0.5) is 0 Å². The van der Waals surface area contributed by atoms with Crippen LogP contribution in [0.2, 0.25) is 0 Å². The molecule has 0 aliphatic heterocycles. The van der Waals surface area contributed by atoms with Crippen molar-refractivity contribution in [2.75, 3.05) is 5.75 Å². The van der Waals surface area contributed by atoms with Gasteiger partial charge < -0.3 is 15.9 Å². The summed E-state index contributed by atoms with van der Waals surface area (Å²) >= 11 is 0.606. The van der Waals surface area contributed by atoms with Crippen LogP contribution in [0.3, 0.4) is 0 Å². The molecule has 0 radical (unpaired) electrons. The molecule has 0 bridgehead atoms. The molecule has 0 aromatic heterocycles. The maximum atomic E-state index is 9.22. The molecule has 0 aliphatic rings. The van der Waals surface area contributed by atoms with Gasteiger partial charge in [-0.3, -0.25) is 0 Å². The van der Waals surface area contributed by atoms with E-state index >= 15 is 0 Å². The molecule has 26 valence electrons. The summed E-state index contributed by atoms with van der Waals surface area (Å²) in [6.07, 6.45) is 0. The van der Waals surface area contributed by atoms with E-state index in [0.29, 0.717) is 17.4 Å². The summed E-state index contributed by atoms with van der Waals surface area (Å²) in [6, 6.07) is 0. The van der Waals surface area contributed by atoms with Crippen molar-refractivity contribution >= 4 is 11.7 Å². The van der Waals surface area contributed by atoms with Crippen molar-refractivity contribution in [1.82, 2.24) is 0 Å². The first-order chi connectivity index (χ1) is 1.91. The summed E-state index contributed by atoms with van der Waals surface area (Å²) in [5.41, 5.74) is 0. The van der Waals surface area contributed by atoms with Gasteiger partial charge in [-0.05, 0) is 0 Å². The maximum Gasteiger partial charge on any atom is 1.00 e. The molecule has 0 rings (SSSR count). The number of hydrogen-bond acceptors (Lipinski definition) is 2. The fourth-order valence-corrected chi connectivity index (χ4v) is 0. The normalized spacial score (nSPS) is 5.80. The minimum absolute atomic E-state index is 0. The molecule has 0 saturated carbocycles. The van der Waals surface area contributed by atoms with E-state index in [2.05, 4.69) is 0 Å². The van der Waals surface area contributed by atoms with Crippen molar-refractivity contribution < 1.29 is 33.8 Å². The first-order valence-corrected chi connectivity index (χ1v) is 2.07. The van der Waals surface area contributed by atoms with Gasteiger partial charge in [0.1, 0.15) is 0 Å². The van der Waals surface area contributed by atoms with Crippen LogP contribution in [0.5, 0.6) is 0 Å². The van der Waals surface area contributed by atoms with Crippen molar-refractivity contribution in [2.24, 2.45) is 0 Å². The molecule has 0 unspecified atom stereocenters. The van der Waals surface area contributed by atoms with Crippen LogP contribution >= 0.6 is 0 Å². The van der Waals surface area contributed by atoms with Gasteiger partial charge in [0, 0.05) is 0 Å². The molecule has 3 heteroatoms. The minimum Gasteiger partial charge on any atom is -0.485 e. The molecular formula is C2H5NaOS. The third kappa shape index (κ3) is 11.1. The van der Waals surface area contributed by atoms with E-state index in [4.69, 9.17) is 0 Å². The van der Waals surface area contributed by atoms with E-state index in [1.165, 1.54) is 0 Å². The first-order valence-electron chi connectivity index (χ1n) is 1.16. The summed E-state index contributed by atoms with van der Waals surface area (Å²) in [5.74, 6) is 0.681. The van der Waals surface area contributed by atoms with Gasteiger partial charge in [-0.1, -0.05) is 6.92 Å². The maximum absolute atomic E-state index is 9.22. The second-order valence-electron chi connectivity index (χ2n) is 0.407. The van der Waals surface area contributed by atoms with Gasteiger partial charge in [-0.15, -0.1) is 5.75 Å². The fourth-order valence-electron chi connectivity index (χ4n) is 0. The van der Waals surface area contributed by atoms with E-state index in [1.807, 2.05) is 6.92 Å².